The van der Waals surface area contributed by atoms with E-state index in [0.29, 0.717) is 19.3 Å². The molecule has 0 aromatic rings. The summed E-state index contributed by atoms with van der Waals surface area (Å²) in [5.41, 5.74) is -0.635. The highest BCUT2D eigenvalue weighted by Crippen LogP contribution is 2.27. The van der Waals surface area contributed by atoms with Gasteiger partial charge in [-0.3, -0.25) is 0 Å². The third kappa shape index (κ3) is 10.4. The SMILES string of the molecule is CC(C)(C)OC(=O)OC1/C=C/C(OC(=O)SC(C)(C)C)CC(O)CC1. The van der Waals surface area contributed by atoms with E-state index in [0.717, 1.165) is 11.8 Å². The van der Waals surface area contributed by atoms with Crippen molar-refractivity contribution in [2.24, 2.45) is 0 Å². The molecule has 0 radical (unpaired) electrons. The molecule has 3 atom stereocenters. The van der Waals surface area contributed by atoms with Gasteiger partial charge >= 0.3 is 11.5 Å². The number of carbonyl (C=O) groups is 2. The predicted octanol–water partition coefficient (Wildman–Crippen LogP) is 4.44. The van der Waals surface area contributed by atoms with E-state index in [1.165, 1.54) is 0 Å². The van der Waals surface area contributed by atoms with Gasteiger partial charge < -0.3 is 19.3 Å². The number of carbonyl (C=O) groups excluding carboxylic acids is 2. The molecule has 144 valence electrons. The van der Waals surface area contributed by atoms with E-state index in [-0.39, 0.29) is 10.0 Å². The average molecular weight is 374 g/mol. The first-order valence-electron chi connectivity index (χ1n) is 8.50. The molecule has 6 nitrogen and oxygen atoms in total. The van der Waals surface area contributed by atoms with Crippen molar-refractivity contribution in [1.29, 1.82) is 0 Å². The van der Waals surface area contributed by atoms with Crippen LogP contribution in [0.15, 0.2) is 12.2 Å². The second-order valence-corrected chi connectivity index (χ2v) is 9.86. The Kier molecular flexibility index (Phi) is 7.81. The van der Waals surface area contributed by atoms with Gasteiger partial charge in [0, 0.05) is 11.2 Å². The Bertz CT molecular complexity index is 489. The topological polar surface area (TPSA) is 82.1 Å². The maximum atomic E-state index is 12.0. The molecular weight excluding hydrogens is 344 g/mol. The van der Waals surface area contributed by atoms with Gasteiger partial charge in [0.25, 0.3) is 0 Å². The Morgan fingerprint density at radius 3 is 2.16 bits per heavy atom. The molecule has 0 spiro atoms. The summed E-state index contributed by atoms with van der Waals surface area (Å²) in [6.45, 7) is 11.0. The number of ether oxygens (including phenoxy) is 3. The quantitative estimate of drug-likeness (QED) is 0.565. The summed E-state index contributed by atoms with van der Waals surface area (Å²) in [5, 5.41) is 9.68. The van der Waals surface area contributed by atoms with E-state index in [9.17, 15) is 14.7 Å². The molecule has 0 aromatic carbocycles. The Hall–Kier alpha value is -1.21. The molecule has 0 bridgehead atoms. The van der Waals surface area contributed by atoms with E-state index < -0.39 is 30.1 Å². The van der Waals surface area contributed by atoms with Crippen LogP contribution in [0.4, 0.5) is 9.59 Å². The molecule has 3 unspecified atom stereocenters. The van der Waals surface area contributed by atoms with Gasteiger partial charge in [-0.25, -0.2) is 9.59 Å². The first-order chi connectivity index (χ1) is 11.3. The van der Waals surface area contributed by atoms with Gasteiger partial charge in [-0.15, -0.1) is 0 Å². The first kappa shape index (κ1) is 21.8. The molecule has 0 saturated carbocycles. The lowest BCUT2D eigenvalue weighted by molar-refractivity contribution is -0.0234. The minimum absolute atomic E-state index is 0.247. The average Bonchev–Trinajstić information content (AvgIpc) is 2.35. The van der Waals surface area contributed by atoms with Crippen LogP contribution in [0, 0.1) is 0 Å². The van der Waals surface area contributed by atoms with Crippen LogP contribution in [0.1, 0.15) is 60.8 Å². The molecular formula is C18H30O6S. The van der Waals surface area contributed by atoms with Crippen molar-refractivity contribution in [2.75, 3.05) is 0 Å². The van der Waals surface area contributed by atoms with Gasteiger partial charge in [0.2, 0.25) is 0 Å². The van der Waals surface area contributed by atoms with Crippen molar-refractivity contribution in [2.45, 2.75) is 89.5 Å². The smallest absolute Gasteiger partial charge is 0.450 e. The van der Waals surface area contributed by atoms with Gasteiger partial charge in [-0.1, -0.05) is 20.8 Å². The molecule has 1 aliphatic rings. The van der Waals surface area contributed by atoms with Crippen molar-refractivity contribution < 1.29 is 28.9 Å². The molecule has 0 amide bonds. The fourth-order valence-corrected chi connectivity index (χ4v) is 2.82. The number of hydrogen-bond acceptors (Lipinski definition) is 7. The van der Waals surface area contributed by atoms with Crippen molar-refractivity contribution in [3.05, 3.63) is 12.2 Å². The summed E-state index contributed by atoms with van der Waals surface area (Å²) in [6, 6.07) is 0. The molecule has 0 aromatic heterocycles. The minimum Gasteiger partial charge on any atom is -0.450 e. The Balaban J connectivity index is 2.66. The van der Waals surface area contributed by atoms with Crippen LogP contribution in [0.3, 0.4) is 0 Å². The van der Waals surface area contributed by atoms with Gasteiger partial charge in [0.15, 0.2) is 0 Å². The van der Waals surface area contributed by atoms with E-state index >= 15 is 0 Å². The van der Waals surface area contributed by atoms with Crippen LogP contribution in [-0.2, 0) is 14.2 Å². The van der Waals surface area contributed by atoms with Crippen LogP contribution in [0.5, 0.6) is 0 Å². The van der Waals surface area contributed by atoms with E-state index in [1.807, 2.05) is 20.8 Å². The van der Waals surface area contributed by atoms with Crippen LogP contribution in [-0.4, -0.2) is 45.2 Å². The fraction of sp³-hybridized carbons (Fsp3) is 0.778. The summed E-state index contributed by atoms with van der Waals surface area (Å²) in [6.07, 6.45) is 2.14. The lowest BCUT2D eigenvalue weighted by Crippen LogP contribution is -2.30. The Labute approximate surface area is 154 Å². The van der Waals surface area contributed by atoms with Crippen LogP contribution in [0.2, 0.25) is 0 Å². The van der Waals surface area contributed by atoms with Crippen molar-refractivity contribution >= 4 is 23.2 Å². The molecule has 0 heterocycles. The number of aliphatic hydroxyl groups is 1. The summed E-state index contributed by atoms with van der Waals surface area (Å²) in [5.74, 6) is 0. The maximum Gasteiger partial charge on any atom is 0.509 e. The van der Waals surface area contributed by atoms with Gasteiger partial charge in [0.1, 0.15) is 17.8 Å². The largest absolute Gasteiger partial charge is 0.509 e. The van der Waals surface area contributed by atoms with Gasteiger partial charge in [-0.2, -0.15) is 0 Å². The highest BCUT2D eigenvalue weighted by atomic mass is 32.2. The number of hydrogen-bond donors (Lipinski definition) is 1. The fourth-order valence-electron chi connectivity index (χ4n) is 2.15. The summed E-state index contributed by atoms with van der Waals surface area (Å²) in [7, 11) is 0. The highest BCUT2D eigenvalue weighted by Gasteiger charge is 2.26. The standard InChI is InChI=1S/C18H30O6S/c1-17(2,3)24-15(20)22-13-8-7-12(19)11-14(10-9-13)23-16(21)25-18(4,5)6/h9-10,12-14,19H,7-8,11H2,1-6H3/b10-9+. The van der Waals surface area contributed by atoms with E-state index in [2.05, 4.69) is 0 Å². The van der Waals surface area contributed by atoms with E-state index in [1.54, 1.807) is 32.9 Å². The summed E-state index contributed by atoms with van der Waals surface area (Å²) < 4.78 is 15.6. The molecule has 1 rings (SSSR count). The first-order valence-corrected chi connectivity index (χ1v) is 9.31. The molecule has 25 heavy (non-hydrogen) atoms. The molecule has 0 fully saturated rings. The molecule has 7 heteroatoms. The summed E-state index contributed by atoms with van der Waals surface area (Å²) >= 11 is 1.10. The zero-order chi connectivity index (χ0) is 19.3. The third-order valence-electron chi connectivity index (χ3n) is 3.10. The second kappa shape index (κ2) is 8.94. The monoisotopic (exact) mass is 374 g/mol. The third-order valence-corrected chi connectivity index (χ3v) is 3.98. The highest BCUT2D eigenvalue weighted by molar-refractivity contribution is 8.14. The lowest BCUT2D eigenvalue weighted by atomic mass is 10.00. The zero-order valence-electron chi connectivity index (χ0n) is 15.9. The van der Waals surface area contributed by atoms with Crippen LogP contribution >= 0.6 is 11.8 Å². The number of aliphatic hydroxyl groups excluding tert-OH is 1. The van der Waals surface area contributed by atoms with E-state index in [4.69, 9.17) is 14.2 Å². The second-order valence-electron chi connectivity index (χ2n) is 8.09. The number of thioether (sulfide) groups is 1. The molecule has 1 N–H and O–H groups in total. The van der Waals surface area contributed by atoms with Gasteiger partial charge in [0.05, 0.1) is 6.10 Å². The van der Waals surface area contributed by atoms with Crippen LogP contribution < -0.4 is 0 Å². The molecule has 0 aliphatic heterocycles. The lowest BCUT2D eigenvalue weighted by Gasteiger charge is -2.25. The van der Waals surface area contributed by atoms with Crippen molar-refractivity contribution in [3.8, 4) is 0 Å². The summed E-state index contributed by atoms with van der Waals surface area (Å²) in [4.78, 5) is 23.8. The zero-order valence-corrected chi connectivity index (χ0v) is 16.7. The van der Waals surface area contributed by atoms with Crippen LogP contribution in [0.25, 0.3) is 0 Å². The Morgan fingerprint density at radius 2 is 1.60 bits per heavy atom. The predicted molar refractivity (Wildman–Crippen MR) is 97.7 cm³/mol. The van der Waals surface area contributed by atoms with Gasteiger partial charge in [-0.05, 0) is 57.5 Å². The maximum absolute atomic E-state index is 12.0. The van der Waals surface area contributed by atoms with Crippen molar-refractivity contribution in [3.63, 3.8) is 0 Å². The minimum atomic E-state index is -0.756. The van der Waals surface area contributed by atoms with Crippen molar-refractivity contribution in [1.82, 2.24) is 0 Å². The number of rotatable bonds is 2. The molecule has 1 aliphatic carbocycles. The normalized spacial score (nSPS) is 26.1. The molecule has 0 saturated heterocycles. The Morgan fingerprint density at radius 1 is 1.00 bits per heavy atom.